The molecule has 3 aromatic rings. The van der Waals surface area contributed by atoms with Gasteiger partial charge in [-0.15, -0.1) is 15.3 Å². The number of hydrogen-bond donors (Lipinski definition) is 2. The van der Waals surface area contributed by atoms with Crippen LogP contribution in [0.5, 0.6) is 5.75 Å². The van der Waals surface area contributed by atoms with Crippen molar-refractivity contribution in [2.24, 2.45) is 5.92 Å². The molecule has 2 atom stereocenters. The first-order valence-electron chi connectivity index (χ1n) is 12.9. The maximum atomic E-state index is 14.1. The van der Waals surface area contributed by atoms with Gasteiger partial charge in [0.05, 0.1) is 7.11 Å². The first-order chi connectivity index (χ1) is 18.5. The van der Waals surface area contributed by atoms with Gasteiger partial charge in [0.2, 0.25) is 16.2 Å². The number of piperidine rings is 1. The van der Waals surface area contributed by atoms with Crippen molar-refractivity contribution >= 4 is 33.3 Å². The molecule has 1 aromatic carbocycles. The number of nitrogens with one attached hydrogen (secondary N) is 2. The largest absolute Gasteiger partial charge is 0.494 e. The predicted molar refractivity (Wildman–Crippen MR) is 145 cm³/mol. The Hall–Kier alpha value is -3.38. The number of hydrogen-bond acceptors (Lipinski definition) is 10. The lowest BCUT2D eigenvalue weighted by Gasteiger charge is -2.32. The van der Waals surface area contributed by atoms with E-state index in [1.807, 2.05) is 18.2 Å². The summed E-state index contributed by atoms with van der Waals surface area (Å²) in [4.78, 5) is 17.3. The number of methoxy groups -OCH3 is 1. The number of rotatable bonds is 9. The van der Waals surface area contributed by atoms with E-state index in [2.05, 4.69) is 40.8 Å². The van der Waals surface area contributed by atoms with Crippen LogP contribution in [-0.4, -0.2) is 70.5 Å². The number of anilines is 3. The fourth-order valence-corrected chi connectivity index (χ4v) is 5.99. The van der Waals surface area contributed by atoms with Crippen LogP contribution in [0.3, 0.4) is 0 Å². The molecule has 12 heteroatoms. The van der Waals surface area contributed by atoms with Crippen molar-refractivity contribution in [2.45, 2.75) is 45.2 Å². The lowest BCUT2D eigenvalue weighted by molar-refractivity contribution is -0.117. The maximum absolute atomic E-state index is 14.1. The van der Waals surface area contributed by atoms with E-state index in [1.165, 1.54) is 18.4 Å². The van der Waals surface area contributed by atoms with Crippen LogP contribution in [0.15, 0.2) is 30.5 Å². The van der Waals surface area contributed by atoms with E-state index in [-0.39, 0.29) is 29.4 Å². The van der Waals surface area contributed by atoms with Crippen LogP contribution >= 0.6 is 11.3 Å². The Bertz CT molecular complexity index is 1240. The molecule has 2 saturated heterocycles. The number of aromatic nitrogens is 4. The maximum Gasteiger partial charge on any atom is 0.226 e. The number of benzene rings is 1. The highest BCUT2D eigenvalue weighted by molar-refractivity contribution is 7.19. The summed E-state index contributed by atoms with van der Waals surface area (Å²) in [6.45, 7) is 5.93. The van der Waals surface area contributed by atoms with Crippen molar-refractivity contribution in [3.05, 3.63) is 47.4 Å². The summed E-state index contributed by atoms with van der Waals surface area (Å²) in [6, 6.07) is 7.71. The average molecular weight is 541 g/mol. The molecule has 0 bridgehead atoms. The van der Waals surface area contributed by atoms with Gasteiger partial charge < -0.3 is 20.3 Å². The molecule has 0 radical (unpaired) electrons. The summed E-state index contributed by atoms with van der Waals surface area (Å²) in [5.74, 6) is 1.04. The Morgan fingerprint density at radius 3 is 2.87 bits per heavy atom. The standard InChI is InChI=1S/C26H33FN8O2S/c1-17-11-19(12-21(37-2)24(17)27)15-34-9-4-5-18(14-34)13-23(36)30-26-33-32-25(38-26)29-20-7-10-35(16-20)22-6-3-8-28-31-22/h3,6,8,11-12,18,20H,4-5,7,9-10,13-16H2,1-2H3,(H,29,32)(H,30,33,36)/t18-,20+/m0/s1. The van der Waals surface area contributed by atoms with Crippen LogP contribution < -0.4 is 20.3 Å². The highest BCUT2D eigenvalue weighted by Gasteiger charge is 2.26. The first kappa shape index (κ1) is 26.2. The van der Waals surface area contributed by atoms with Gasteiger partial charge in [-0.25, -0.2) is 4.39 Å². The van der Waals surface area contributed by atoms with E-state index in [4.69, 9.17) is 4.74 Å². The van der Waals surface area contributed by atoms with Crippen molar-refractivity contribution in [1.29, 1.82) is 0 Å². The third-order valence-corrected chi connectivity index (χ3v) is 7.82. The Labute approximate surface area is 225 Å². The molecule has 202 valence electrons. The summed E-state index contributed by atoms with van der Waals surface area (Å²) in [6.07, 6.45) is 5.08. The normalized spacial score (nSPS) is 19.9. The molecule has 5 rings (SSSR count). The molecule has 2 aliphatic rings. The number of nitrogens with zero attached hydrogens (tertiary/aromatic N) is 6. The van der Waals surface area contributed by atoms with Crippen LogP contribution in [0, 0.1) is 18.7 Å². The topological polar surface area (TPSA) is 108 Å². The van der Waals surface area contributed by atoms with Crippen LogP contribution in [0.2, 0.25) is 0 Å². The Balaban J connectivity index is 1.08. The minimum absolute atomic E-state index is 0.0476. The second-order valence-electron chi connectivity index (χ2n) is 9.99. The molecule has 2 N–H and O–H groups in total. The number of halogens is 1. The van der Waals surface area contributed by atoms with Gasteiger partial charge >= 0.3 is 0 Å². The van der Waals surface area contributed by atoms with Crippen molar-refractivity contribution in [3.8, 4) is 5.75 Å². The number of carbonyl (C=O) groups excluding carboxylic acids is 1. The number of aryl methyl sites for hydroxylation is 1. The highest BCUT2D eigenvalue weighted by Crippen LogP contribution is 2.28. The zero-order chi connectivity index (χ0) is 26.5. The van der Waals surface area contributed by atoms with Crippen molar-refractivity contribution in [1.82, 2.24) is 25.3 Å². The Morgan fingerprint density at radius 1 is 1.18 bits per heavy atom. The van der Waals surface area contributed by atoms with Gasteiger partial charge in [0.1, 0.15) is 0 Å². The van der Waals surface area contributed by atoms with E-state index in [9.17, 15) is 9.18 Å². The molecule has 10 nitrogen and oxygen atoms in total. The zero-order valence-corrected chi connectivity index (χ0v) is 22.5. The van der Waals surface area contributed by atoms with Gasteiger partial charge in [-0.05, 0) is 68.0 Å². The van der Waals surface area contributed by atoms with Crippen LogP contribution in [-0.2, 0) is 11.3 Å². The third kappa shape index (κ3) is 6.54. The molecule has 0 unspecified atom stereocenters. The monoisotopic (exact) mass is 540 g/mol. The number of likely N-dealkylation sites (tertiary alicyclic amines) is 1. The van der Waals surface area contributed by atoms with Crippen LogP contribution in [0.25, 0.3) is 0 Å². The predicted octanol–water partition coefficient (Wildman–Crippen LogP) is 3.72. The smallest absolute Gasteiger partial charge is 0.226 e. The summed E-state index contributed by atoms with van der Waals surface area (Å²) in [5.41, 5.74) is 1.59. The third-order valence-electron chi connectivity index (χ3n) is 7.05. The molecule has 2 fully saturated rings. The van der Waals surface area contributed by atoms with Gasteiger partial charge in [0, 0.05) is 44.8 Å². The summed E-state index contributed by atoms with van der Waals surface area (Å²) >= 11 is 1.35. The van der Waals surface area contributed by atoms with Gasteiger partial charge in [0.25, 0.3) is 0 Å². The Kier molecular flexibility index (Phi) is 8.28. The SMILES string of the molecule is COc1cc(CN2CCC[C@@H](CC(=O)Nc3nnc(N[C@@H]4CCN(c5cccnn5)C4)s3)C2)cc(C)c1F. The molecule has 2 aromatic heterocycles. The molecule has 1 amide bonds. The first-order valence-corrected chi connectivity index (χ1v) is 13.8. The summed E-state index contributed by atoms with van der Waals surface area (Å²) in [7, 11) is 1.48. The van der Waals surface area contributed by atoms with E-state index in [1.54, 1.807) is 19.2 Å². The van der Waals surface area contributed by atoms with Gasteiger partial charge in [-0.3, -0.25) is 9.69 Å². The fraction of sp³-hybridized carbons (Fsp3) is 0.500. The molecular formula is C26H33FN8O2S. The lowest BCUT2D eigenvalue weighted by atomic mass is 9.94. The van der Waals surface area contributed by atoms with Crippen molar-refractivity contribution in [2.75, 3.05) is 48.8 Å². The molecular weight excluding hydrogens is 507 g/mol. The zero-order valence-electron chi connectivity index (χ0n) is 21.7. The highest BCUT2D eigenvalue weighted by atomic mass is 32.1. The second-order valence-corrected chi connectivity index (χ2v) is 11.0. The minimum atomic E-state index is -0.313. The van der Waals surface area contributed by atoms with Crippen molar-refractivity contribution in [3.63, 3.8) is 0 Å². The average Bonchev–Trinajstić information content (AvgIpc) is 3.56. The van der Waals surface area contributed by atoms with Crippen molar-refractivity contribution < 1.29 is 13.9 Å². The fourth-order valence-electron chi connectivity index (χ4n) is 5.26. The van der Waals surface area contributed by atoms with E-state index in [0.717, 1.165) is 56.8 Å². The molecule has 38 heavy (non-hydrogen) atoms. The van der Waals surface area contributed by atoms with Gasteiger partial charge in [0.15, 0.2) is 17.4 Å². The number of carbonyl (C=O) groups is 1. The quantitative estimate of drug-likeness (QED) is 0.420. The second kappa shape index (κ2) is 12.0. The molecule has 0 saturated carbocycles. The Morgan fingerprint density at radius 2 is 2.05 bits per heavy atom. The lowest BCUT2D eigenvalue weighted by Crippen LogP contribution is -2.36. The number of ether oxygens (including phenoxy) is 1. The molecule has 4 heterocycles. The van der Waals surface area contributed by atoms with E-state index < -0.39 is 0 Å². The van der Waals surface area contributed by atoms with E-state index in [0.29, 0.717) is 28.8 Å². The van der Waals surface area contributed by atoms with E-state index >= 15 is 0 Å². The minimum Gasteiger partial charge on any atom is -0.494 e. The van der Waals surface area contributed by atoms with Gasteiger partial charge in [-0.1, -0.05) is 17.4 Å². The van der Waals surface area contributed by atoms with Crippen LogP contribution in [0.4, 0.5) is 20.5 Å². The van der Waals surface area contributed by atoms with Crippen LogP contribution in [0.1, 0.15) is 36.8 Å². The van der Waals surface area contributed by atoms with Gasteiger partial charge in [-0.2, -0.15) is 5.10 Å². The molecule has 0 spiro atoms. The summed E-state index contributed by atoms with van der Waals surface area (Å²) < 4.78 is 19.3. The molecule has 0 aliphatic carbocycles. The number of amides is 1. The molecule has 2 aliphatic heterocycles. The summed E-state index contributed by atoms with van der Waals surface area (Å²) in [5, 5.41) is 24.0.